The lowest BCUT2D eigenvalue weighted by Gasteiger charge is -2.16. The summed E-state index contributed by atoms with van der Waals surface area (Å²) in [6.07, 6.45) is 2.00. The first kappa shape index (κ1) is 16.8. The van der Waals surface area contributed by atoms with Crippen LogP contribution in [0.4, 0.5) is 0 Å². The highest BCUT2D eigenvalue weighted by Crippen LogP contribution is 2.40. The van der Waals surface area contributed by atoms with Crippen molar-refractivity contribution in [2.75, 3.05) is 28.4 Å². The summed E-state index contributed by atoms with van der Waals surface area (Å²) in [5.74, 6) is 2.64. The van der Waals surface area contributed by atoms with E-state index in [1.165, 1.54) is 0 Å². The second-order valence-electron chi connectivity index (χ2n) is 5.38. The molecular formula is C20H21NO4. The second kappa shape index (κ2) is 7.21. The fraction of sp³-hybridized carbons (Fsp3) is 0.200. The molecule has 0 spiro atoms. The van der Waals surface area contributed by atoms with Crippen molar-refractivity contribution in [3.63, 3.8) is 0 Å². The molecule has 0 bridgehead atoms. The van der Waals surface area contributed by atoms with Gasteiger partial charge in [0.1, 0.15) is 5.75 Å². The van der Waals surface area contributed by atoms with E-state index >= 15 is 0 Å². The Balaban J connectivity index is 2.10. The third-order valence-electron chi connectivity index (χ3n) is 4.06. The molecule has 3 aromatic rings. The van der Waals surface area contributed by atoms with Crippen LogP contribution >= 0.6 is 0 Å². The number of hydrogen-bond acceptors (Lipinski definition) is 4. The molecule has 130 valence electrons. The molecule has 3 rings (SSSR count). The zero-order valence-corrected chi connectivity index (χ0v) is 14.8. The van der Waals surface area contributed by atoms with E-state index in [-0.39, 0.29) is 0 Å². The Morgan fingerprint density at radius 2 is 1.36 bits per heavy atom. The molecule has 0 radical (unpaired) electrons. The van der Waals surface area contributed by atoms with Gasteiger partial charge >= 0.3 is 0 Å². The van der Waals surface area contributed by atoms with Crippen LogP contribution in [0, 0.1) is 0 Å². The van der Waals surface area contributed by atoms with E-state index in [1.807, 2.05) is 48.7 Å². The normalized spacial score (nSPS) is 10.4. The van der Waals surface area contributed by atoms with Crippen LogP contribution in [0.5, 0.6) is 23.0 Å². The van der Waals surface area contributed by atoms with Crippen molar-refractivity contribution in [3.05, 3.63) is 54.7 Å². The zero-order valence-electron chi connectivity index (χ0n) is 14.8. The van der Waals surface area contributed by atoms with Crippen molar-refractivity contribution in [2.24, 2.45) is 0 Å². The maximum atomic E-state index is 5.46. The van der Waals surface area contributed by atoms with E-state index in [2.05, 4.69) is 10.6 Å². The van der Waals surface area contributed by atoms with Crippen LogP contribution < -0.4 is 18.9 Å². The van der Waals surface area contributed by atoms with E-state index in [1.54, 1.807) is 28.4 Å². The minimum atomic E-state index is 0.576. The van der Waals surface area contributed by atoms with Gasteiger partial charge in [-0.3, -0.25) is 0 Å². The van der Waals surface area contributed by atoms with Crippen molar-refractivity contribution in [3.8, 4) is 39.9 Å². The van der Waals surface area contributed by atoms with Crippen LogP contribution in [0.25, 0.3) is 16.9 Å². The first-order valence-electron chi connectivity index (χ1n) is 7.84. The predicted molar refractivity (Wildman–Crippen MR) is 97.4 cm³/mol. The third-order valence-corrected chi connectivity index (χ3v) is 4.06. The van der Waals surface area contributed by atoms with Crippen molar-refractivity contribution < 1.29 is 18.9 Å². The molecule has 0 saturated carbocycles. The first-order valence-corrected chi connectivity index (χ1v) is 7.84. The Morgan fingerprint density at radius 1 is 0.720 bits per heavy atom. The molecule has 0 aliphatic heterocycles. The van der Waals surface area contributed by atoms with Crippen LogP contribution in [-0.2, 0) is 0 Å². The predicted octanol–water partition coefficient (Wildman–Crippen LogP) is 4.18. The Labute approximate surface area is 147 Å². The van der Waals surface area contributed by atoms with Gasteiger partial charge in [-0.1, -0.05) is 0 Å². The summed E-state index contributed by atoms with van der Waals surface area (Å²) in [5.41, 5.74) is 3.06. The molecule has 1 aromatic heterocycles. The summed E-state index contributed by atoms with van der Waals surface area (Å²) >= 11 is 0. The lowest BCUT2D eigenvalue weighted by molar-refractivity contribution is 0.324. The summed E-state index contributed by atoms with van der Waals surface area (Å²) in [7, 11) is 6.48. The third kappa shape index (κ3) is 3.13. The van der Waals surface area contributed by atoms with Crippen LogP contribution in [0.1, 0.15) is 0 Å². The number of benzene rings is 2. The molecule has 0 unspecified atom stereocenters. The lowest BCUT2D eigenvalue weighted by atomic mass is 10.1. The topological polar surface area (TPSA) is 41.9 Å². The smallest absolute Gasteiger partial charge is 0.203 e. The second-order valence-corrected chi connectivity index (χ2v) is 5.38. The Bertz CT molecular complexity index is 827. The molecule has 0 aliphatic rings. The molecule has 0 saturated heterocycles. The van der Waals surface area contributed by atoms with Gasteiger partial charge in [-0.05, 0) is 42.0 Å². The molecule has 1 heterocycles. The van der Waals surface area contributed by atoms with Crippen LogP contribution in [0.2, 0.25) is 0 Å². The first-order chi connectivity index (χ1) is 12.2. The van der Waals surface area contributed by atoms with Gasteiger partial charge in [0.15, 0.2) is 11.5 Å². The molecule has 25 heavy (non-hydrogen) atoms. The SMILES string of the molecule is COc1ccc(-c2cccn2-c2cc(OC)c(OC)c(OC)c2)cc1. The van der Waals surface area contributed by atoms with Crippen molar-refractivity contribution >= 4 is 0 Å². The van der Waals surface area contributed by atoms with E-state index in [9.17, 15) is 0 Å². The highest BCUT2D eigenvalue weighted by atomic mass is 16.5. The van der Waals surface area contributed by atoms with E-state index in [4.69, 9.17) is 18.9 Å². The highest BCUT2D eigenvalue weighted by molar-refractivity contribution is 5.66. The molecule has 0 aliphatic carbocycles. The average molecular weight is 339 g/mol. The van der Waals surface area contributed by atoms with E-state index in [0.29, 0.717) is 17.2 Å². The van der Waals surface area contributed by atoms with Crippen LogP contribution in [0.3, 0.4) is 0 Å². The molecule has 2 aromatic carbocycles. The summed E-state index contributed by atoms with van der Waals surface area (Å²) < 4.78 is 23.6. The molecule has 0 fully saturated rings. The molecule has 5 nitrogen and oxygen atoms in total. The minimum Gasteiger partial charge on any atom is -0.497 e. The number of rotatable bonds is 6. The Morgan fingerprint density at radius 3 is 1.88 bits per heavy atom. The summed E-state index contributed by atoms with van der Waals surface area (Å²) in [6.45, 7) is 0. The molecule has 0 N–H and O–H groups in total. The zero-order chi connectivity index (χ0) is 17.8. The Hall–Kier alpha value is -3.08. The van der Waals surface area contributed by atoms with Gasteiger partial charge in [0.05, 0.1) is 39.8 Å². The van der Waals surface area contributed by atoms with Gasteiger partial charge in [0.2, 0.25) is 5.75 Å². The minimum absolute atomic E-state index is 0.576. The van der Waals surface area contributed by atoms with Crippen molar-refractivity contribution in [1.82, 2.24) is 4.57 Å². The average Bonchev–Trinajstić information content (AvgIpc) is 3.16. The number of methoxy groups -OCH3 is 4. The maximum absolute atomic E-state index is 5.46. The molecular weight excluding hydrogens is 318 g/mol. The molecule has 5 heteroatoms. The standard InChI is InChI=1S/C20H21NO4/c1-22-16-9-7-14(8-10-16)17-6-5-11-21(17)15-12-18(23-2)20(25-4)19(13-15)24-3/h5-13H,1-4H3. The molecule has 0 amide bonds. The lowest BCUT2D eigenvalue weighted by Crippen LogP contribution is -2.00. The summed E-state index contributed by atoms with van der Waals surface area (Å²) in [5, 5.41) is 0. The van der Waals surface area contributed by atoms with Crippen LogP contribution in [-0.4, -0.2) is 33.0 Å². The van der Waals surface area contributed by atoms with Crippen molar-refractivity contribution in [2.45, 2.75) is 0 Å². The van der Waals surface area contributed by atoms with Crippen LogP contribution in [0.15, 0.2) is 54.7 Å². The fourth-order valence-corrected chi connectivity index (χ4v) is 2.81. The number of nitrogens with zero attached hydrogens (tertiary/aromatic N) is 1. The number of aromatic nitrogens is 1. The largest absolute Gasteiger partial charge is 0.497 e. The monoisotopic (exact) mass is 339 g/mol. The quantitative estimate of drug-likeness (QED) is 0.676. The van der Waals surface area contributed by atoms with Gasteiger partial charge in [-0.25, -0.2) is 0 Å². The van der Waals surface area contributed by atoms with Gasteiger partial charge in [-0.2, -0.15) is 0 Å². The number of hydrogen-bond donors (Lipinski definition) is 0. The molecule has 0 atom stereocenters. The van der Waals surface area contributed by atoms with E-state index in [0.717, 1.165) is 22.7 Å². The highest BCUT2D eigenvalue weighted by Gasteiger charge is 2.15. The van der Waals surface area contributed by atoms with Crippen molar-refractivity contribution in [1.29, 1.82) is 0 Å². The Kier molecular flexibility index (Phi) is 4.84. The van der Waals surface area contributed by atoms with Gasteiger partial charge in [-0.15, -0.1) is 0 Å². The summed E-state index contributed by atoms with van der Waals surface area (Å²) in [4.78, 5) is 0. The maximum Gasteiger partial charge on any atom is 0.203 e. The summed E-state index contributed by atoms with van der Waals surface area (Å²) in [6, 6.07) is 15.9. The van der Waals surface area contributed by atoms with E-state index < -0.39 is 0 Å². The van der Waals surface area contributed by atoms with Gasteiger partial charge < -0.3 is 23.5 Å². The van der Waals surface area contributed by atoms with Gasteiger partial charge in [0.25, 0.3) is 0 Å². The van der Waals surface area contributed by atoms with Gasteiger partial charge in [0, 0.05) is 18.3 Å². The fourth-order valence-electron chi connectivity index (χ4n) is 2.81. The number of ether oxygens (including phenoxy) is 4.